The van der Waals surface area contributed by atoms with E-state index in [4.69, 9.17) is 4.74 Å². The Morgan fingerprint density at radius 1 is 1.26 bits per heavy atom. The molecular formula is C25H35BrN2O5S. The van der Waals surface area contributed by atoms with E-state index in [9.17, 15) is 19.5 Å². The number of carbonyl (C=O) groups is 3. The van der Waals surface area contributed by atoms with Crippen LogP contribution in [0.5, 0.6) is 0 Å². The summed E-state index contributed by atoms with van der Waals surface area (Å²) in [6.07, 6.45) is 9.86. The Kier molecular flexibility index (Phi) is 8.14. The Balaban J connectivity index is 1.69. The zero-order valence-electron chi connectivity index (χ0n) is 19.6. The summed E-state index contributed by atoms with van der Waals surface area (Å²) < 4.78 is 4.81. The number of amides is 2. The third-order valence-electron chi connectivity index (χ3n) is 7.83. The molecule has 3 heterocycles. The molecule has 34 heavy (non-hydrogen) atoms. The smallest absolute Gasteiger partial charge is 0.310 e. The van der Waals surface area contributed by atoms with Gasteiger partial charge in [0.1, 0.15) is 6.04 Å². The largest absolute Gasteiger partial charge is 0.465 e. The molecule has 2 bridgehead atoms. The number of hydrogen-bond donors (Lipinski definition) is 1. The third kappa shape index (κ3) is 4.26. The highest BCUT2D eigenvalue weighted by Crippen LogP contribution is 2.68. The van der Waals surface area contributed by atoms with Crippen molar-refractivity contribution in [2.24, 2.45) is 11.8 Å². The SMILES string of the molecule is C=CCCOC(=O)[C@H]1[C@H]2C(=O)N(CCO)C(C(=O)N(CC=C)C3CCCCC3)C23CC(Br)[C@@H]1S3. The van der Waals surface area contributed by atoms with E-state index in [1.165, 1.54) is 6.42 Å². The minimum atomic E-state index is -0.710. The van der Waals surface area contributed by atoms with Crippen LogP contribution in [0.2, 0.25) is 0 Å². The van der Waals surface area contributed by atoms with Crippen molar-refractivity contribution in [2.75, 3.05) is 26.3 Å². The fourth-order valence-corrected chi connectivity index (χ4v) is 10.1. The van der Waals surface area contributed by atoms with Crippen LogP contribution in [0.15, 0.2) is 25.3 Å². The van der Waals surface area contributed by atoms with Crippen molar-refractivity contribution >= 4 is 45.5 Å². The average Bonchev–Trinajstić information content (AvgIpc) is 3.42. The fraction of sp³-hybridized carbons (Fsp3) is 0.720. The topological polar surface area (TPSA) is 87.1 Å². The van der Waals surface area contributed by atoms with Crippen LogP contribution in [0, 0.1) is 11.8 Å². The van der Waals surface area contributed by atoms with Gasteiger partial charge in [0.15, 0.2) is 0 Å². The van der Waals surface area contributed by atoms with E-state index in [2.05, 4.69) is 29.1 Å². The quantitative estimate of drug-likeness (QED) is 0.193. The van der Waals surface area contributed by atoms with Crippen LogP contribution in [-0.4, -0.2) is 85.9 Å². The Morgan fingerprint density at radius 2 is 2.00 bits per heavy atom. The maximum absolute atomic E-state index is 14.2. The Hall–Kier alpha value is -1.32. The minimum absolute atomic E-state index is 0.00501. The Morgan fingerprint density at radius 3 is 2.65 bits per heavy atom. The van der Waals surface area contributed by atoms with E-state index in [-0.39, 0.29) is 53.7 Å². The molecule has 3 saturated heterocycles. The molecule has 4 fully saturated rings. The molecule has 3 unspecified atom stereocenters. The number of alkyl halides is 1. The number of halogens is 1. The van der Waals surface area contributed by atoms with Crippen molar-refractivity contribution in [1.82, 2.24) is 9.80 Å². The maximum atomic E-state index is 14.2. The molecule has 188 valence electrons. The first kappa shape index (κ1) is 25.8. The average molecular weight is 556 g/mol. The molecule has 4 aliphatic rings. The lowest BCUT2D eigenvalue weighted by atomic mass is 9.71. The van der Waals surface area contributed by atoms with Crippen molar-refractivity contribution in [2.45, 2.75) is 71.9 Å². The zero-order valence-corrected chi connectivity index (χ0v) is 22.0. The van der Waals surface area contributed by atoms with Crippen LogP contribution in [0.4, 0.5) is 0 Å². The molecule has 1 aliphatic carbocycles. The molecule has 2 amide bonds. The number of aliphatic hydroxyl groups excluding tert-OH is 1. The summed E-state index contributed by atoms with van der Waals surface area (Å²) in [6.45, 7) is 8.05. The molecule has 9 heteroatoms. The molecule has 6 atom stereocenters. The molecule has 4 rings (SSSR count). The number of rotatable bonds is 10. The maximum Gasteiger partial charge on any atom is 0.310 e. The molecule has 0 radical (unpaired) electrons. The lowest BCUT2D eigenvalue weighted by Crippen LogP contribution is -2.57. The first-order chi connectivity index (χ1) is 16.4. The molecule has 7 nitrogen and oxygen atoms in total. The molecule has 0 aromatic rings. The predicted octanol–water partition coefficient (Wildman–Crippen LogP) is 2.91. The van der Waals surface area contributed by atoms with E-state index in [1.807, 2.05) is 4.90 Å². The van der Waals surface area contributed by atoms with E-state index < -0.39 is 22.6 Å². The van der Waals surface area contributed by atoms with Crippen LogP contribution in [-0.2, 0) is 19.1 Å². The highest BCUT2D eigenvalue weighted by atomic mass is 79.9. The lowest BCUT2D eigenvalue weighted by Gasteiger charge is -2.41. The van der Waals surface area contributed by atoms with Gasteiger partial charge in [0.05, 0.1) is 29.8 Å². The van der Waals surface area contributed by atoms with Crippen LogP contribution < -0.4 is 0 Å². The van der Waals surface area contributed by atoms with Gasteiger partial charge in [-0.3, -0.25) is 14.4 Å². The monoisotopic (exact) mass is 554 g/mol. The van der Waals surface area contributed by atoms with E-state index >= 15 is 0 Å². The molecule has 1 spiro atoms. The van der Waals surface area contributed by atoms with Crippen molar-refractivity contribution in [3.8, 4) is 0 Å². The van der Waals surface area contributed by atoms with Crippen molar-refractivity contribution in [3.63, 3.8) is 0 Å². The Labute approximate surface area is 214 Å². The second kappa shape index (κ2) is 10.7. The van der Waals surface area contributed by atoms with Crippen molar-refractivity contribution in [1.29, 1.82) is 0 Å². The summed E-state index contributed by atoms with van der Waals surface area (Å²) in [5, 5.41) is 9.66. The predicted molar refractivity (Wildman–Crippen MR) is 136 cm³/mol. The number of nitrogens with zero attached hydrogens (tertiary/aromatic N) is 2. The van der Waals surface area contributed by atoms with Gasteiger partial charge in [-0.25, -0.2) is 0 Å². The number of fused-ring (bicyclic) bond motifs is 1. The van der Waals surface area contributed by atoms with Crippen LogP contribution in [0.3, 0.4) is 0 Å². The summed E-state index contributed by atoms with van der Waals surface area (Å²) in [5.41, 5.74) is 0. The second-order valence-electron chi connectivity index (χ2n) is 9.73. The van der Waals surface area contributed by atoms with E-state index in [0.717, 1.165) is 25.7 Å². The van der Waals surface area contributed by atoms with Gasteiger partial charge in [-0.2, -0.15) is 0 Å². The Bertz CT molecular complexity index is 834. The fourth-order valence-electron chi connectivity index (χ4n) is 6.47. The number of likely N-dealkylation sites (tertiary alicyclic amines) is 1. The molecule has 1 saturated carbocycles. The van der Waals surface area contributed by atoms with Crippen LogP contribution >= 0.6 is 27.7 Å². The van der Waals surface area contributed by atoms with Gasteiger partial charge < -0.3 is 19.6 Å². The summed E-state index contributed by atoms with van der Waals surface area (Å²) in [7, 11) is 0. The van der Waals surface area contributed by atoms with Gasteiger partial charge in [0.25, 0.3) is 0 Å². The van der Waals surface area contributed by atoms with Gasteiger partial charge >= 0.3 is 5.97 Å². The first-order valence-corrected chi connectivity index (χ1v) is 14.1. The molecule has 3 aliphatic heterocycles. The summed E-state index contributed by atoms with van der Waals surface area (Å²) in [5.74, 6) is -1.90. The van der Waals surface area contributed by atoms with Crippen molar-refractivity contribution in [3.05, 3.63) is 25.3 Å². The van der Waals surface area contributed by atoms with Gasteiger partial charge in [0.2, 0.25) is 11.8 Å². The number of hydrogen-bond acceptors (Lipinski definition) is 6. The number of carbonyl (C=O) groups excluding carboxylic acids is 3. The number of aliphatic hydroxyl groups is 1. The lowest BCUT2D eigenvalue weighted by molar-refractivity contribution is -0.154. The third-order valence-corrected chi connectivity index (χ3v) is 11.0. The number of β-amino-alcohol motifs (C(OH)–C–C–N with tert-alkyl or cyclic N) is 1. The standard InChI is InChI=1S/C25H35BrN2O5S/c1-3-5-14-33-24(32)18-19-22(30)28(12-13-29)21(25(19)15-17(26)20(18)34-25)23(31)27(11-4-2)16-9-7-6-8-10-16/h3-4,16-21,29H,1-2,5-15H2/t17?,18-,19-,20-,21?,25?/m0/s1. The zero-order chi connectivity index (χ0) is 24.5. The molecule has 0 aromatic heterocycles. The normalized spacial score (nSPS) is 34.7. The van der Waals surface area contributed by atoms with Crippen molar-refractivity contribution < 1.29 is 24.2 Å². The van der Waals surface area contributed by atoms with E-state index in [0.29, 0.717) is 19.4 Å². The summed E-state index contributed by atoms with van der Waals surface area (Å²) in [6, 6.07) is -0.580. The number of ether oxygens (including phenoxy) is 1. The molecule has 1 N–H and O–H groups in total. The highest BCUT2D eigenvalue weighted by Gasteiger charge is 2.76. The molecular weight excluding hydrogens is 520 g/mol. The van der Waals surface area contributed by atoms with E-state index in [1.54, 1.807) is 28.8 Å². The number of esters is 1. The summed E-state index contributed by atoms with van der Waals surface area (Å²) in [4.78, 5) is 44.6. The number of thioether (sulfide) groups is 1. The van der Waals surface area contributed by atoms with Gasteiger partial charge in [-0.1, -0.05) is 47.3 Å². The second-order valence-corrected chi connectivity index (χ2v) is 12.5. The molecule has 0 aromatic carbocycles. The summed E-state index contributed by atoms with van der Waals surface area (Å²) >= 11 is 5.35. The minimum Gasteiger partial charge on any atom is -0.465 e. The van der Waals surface area contributed by atoms with Gasteiger partial charge in [-0.15, -0.1) is 24.9 Å². The van der Waals surface area contributed by atoms with Gasteiger partial charge in [-0.05, 0) is 25.7 Å². The van der Waals surface area contributed by atoms with Crippen LogP contribution in [0.25, 0.3) is 0 Å². The van der Waals surface area contributed by atoms with Crippen LogP contribution in [0.1, 0.15) is 44.9 Å². The van der Waals surface area contributed by atoms with Gasteiger partial charge in [0, 0.05) is 29.2 Å². The highest BCUT2D eigenvalue weighted by molar-refractivity contribution is 9.09. The first-order valence-electron chi connectivity index (χ1n) is 12.3.